The van der Waals surface area contributed by atoms with Crippen molar-refractivity contribution in [1.82, 2.24) is 25.8 Å². The molecule has 17 nitrogen and oxygen atoms in total. The van der Waals surface area contributed by atoms with Crippen molar-refractivity contribution >= 4 is 47.5 Å². The molecule has 2 fully saturated rings. The Kier molecular flexibility index (Phi) is 13.0. The van der Waals surface area contributed by atoms with Crippen molar-refractivity contribution < 1.29 is 52.8 Å². The molecule has 9 rings (SSSR count). The van der Waals surface area contributed by atoms with Crippen LogP contribution >= 0.6 is 11.8 Å². The molecule has 0 spiro atoms. The molecule has 4 N–H and O–H groups in total. The van der Waals surface area contributed by atoms with Gasteiger partial charge in [-0.1, -0.05) is 50.2 Å². The minimum Gasteiger partial charge on any atom is -0.504 e. The smallest absolute Gasteiger partial charge is 0.329 e. The standard InChI is InChI=1S/C48H54N6O11S/c1-22(2)37(52-46(58)25(5)50-33(56)15-14-27-12-10-9-11-13-27)47(59)51-29-20-66-45-36-35(44-43(63-21-64-44)24(4)42(36)65-26(6)55)32(19-62-48(29)60)54-31(18-49)30-17-28-16-23(3)41(61-8)40(57)34(28)38(39(45)54)53(30)7/h9-16,22,25,29-32,37-39,45,57H,17,19-21H2,1-8H3,(H,50,56)(H,51,59)(H,52,58)/b15-14+/t25?,29?,30-,31-,32-,37?,38+,39?,45+/m0/s1. The largest absolute Gasteiger partial charge is 0.504 e. The third-order valence-electron chi connectivity index (χ3n) is 13.2. The number of carbonyl (C=O) groups is 5. The lowest BCUT2D eigenvalue weighted by Gasteiger charge is -2.61. The molecule has 6 aliphatic heterocycles. The van der Waals surface area contributed by atoms with E-state index in [0.29, 0.717) is 45.9 Å². The van der Waals surface area contributed by atoms with Crippen molar-refractivity contribution in [3.8, 4) is 34.8 Å². The number of ether oxygens (including phenoxy) is 5. The summed E-state index contributed by atoms with van der Waals surface area (Å²) >= 11 is 1.30. The maximum Gasteiger partial charge on any atom is 0.329 e. The van der Waals surface area contributed by atoms with Gasteiger partial charge in [-0.3, -0.25) is 29.0 Å². The Hall–Kier alpha value is -6.29. The number of hydrogen-bond donors (Lipinski definition) is 4. The van der Waals surface area contributed by atoms with Gasteiger partial charge in [-0.2, -0.15) is 5.26 Å². The lowest BCUT2D eigenvalue weighted by atomic mass is 9.71. The fraction of sp³-hybridized carbons (Fsp3) is 0.458. The summed E-state index contributed by atoms with van der Waals surface area (Å²) in [4.78, 5) is 71.8. The SMILES string of the molecule is COc1c(C)cc2c(c1O)[C@@H]1C3[C@@H]4SCC(NC(=O)C(NC(=O)C(C)NC(=O)/C=C/c5ccccc5)C(C)C)C(=O)OC[C@@H](c5c6c(c(C)c(OC(C)=O)c54)OCO6)N3[C@@H](C#N)[C@H](C2)N1C. The summed E-state index contributed by atoms with van der Waals surface area (Å²) in [7, 11) is 3.43. The molecule has 3 aromatic rings. The van der Waals surface area contributed by atoms with E-state index in [4.69, 9.17) is 23.7 Å². The van der Waals surface area contributed by atoms with Gasteiger partial charge in [-0.25, -0.2) is 4.79 Å². The molecular weight excluding hydrogens is 869 g/mol. The Morgan fingerprint density at radius 2 is 1.73 bits per heavy atom. The number of hydrogen-bond acceptors (Lipinski definition) is 15. The molecule has 3 aromatic carbocycles. The van der Waals surface area contributed by atoms with Crippen molar-refractivity contribution in [2.45, 2.75) is 102 Å². The number of phenols is 1. The summed E-state index contributed by atoms with van der Waals surface area (Å²) in [6.07, 6.45) is 3.37. The van der Waals surface area contributed by atoms with E-state index in [1.165, 1.54) is 38.8 Å². The number of likely N-dealkylation sites (N-methyl/N-ethyl adjacent to an activating group) is 1. The number of nitrogens with zero attached hydrogens (tertiary/aromatic N) is 3. The molecule has 0 saturated carbocycles. The Labute approximate surface area is 387 Å². The van der Waals surface area contributed by atoms with Crippen LogP contribution in [0.5, 0.6) is 28.7 Å². The van der Waals surface area contributed by atoms with Gasteiger partial charge in [-0.05, 0) is 62.9 Å². The zero-order chi connectivity index (χ0) is 47.3. The second-order valence-electron chi connectivity index (χ2n) is 17.6. The van der Waals surface area contributed by atoms with Crippen molar-refractivity contribution in [1.29, 1.82) is 5.26 Å². The molecule has 2 saturated heterocycles. The molecule has 66 heavy (non-hydrogen) atoms. The van der Waals surface area contributed by atoms with E-state index < -0.39 is 83.1 Å². The van der Waals surface area contributed by atoms with Crippen molar-refractivity contribution in [2.24, 2.45) is 5.92 Å². The lowest BCUT2D eigenvalue weighted by molar-refractivity contribution is -0.153. The summed E-state index contributed by atoms with van der Waals surface area (Å²) in [5, 5.41) is 30.7. The number of esters is 2. The zero-order valence-electron chi connectivity index (χ0n) is 38.0. The molecule has 18 heteroatoms. The van der Waals surface area contributed by atoms with Gasteiger partial charge in [0, 0.05) is 53.1 Å². The summed E-state index contributed by atoms with van der Waals surface area (Å²) in [6.45, 7) is 9.51. The van der Waals surface area contributed by atoms with Crippen LogP contribution in [0.1, 0.15) is 84.0 Å². The molecule has 0 aliphatic carbocycles. The first-order valence-corrected chi connectivity index (χ1v) is 23.0. The maximum atomic E-state index is 14.3. The number of phenolic OH excluding ortho intramolecular Hbond substituents is 1. The predicted octanol–water partition coefficient (Wildman–Crippen LogP) is 4.08. The van der Waals surface area contributed by atoms with E-state index >= 15 is 0 Å². The highest BCUT2D eigenvalue weighted by Gasteiger charge is 2.61. The number of aryl methyl sites for hydroxylation is 1. The third kappa shape index (κ3) is 8.17. The zero-order valence-corrected chi connectivity index (χ0v) is 38.8. The number of carbonyl (C=O) groups excluding carboxylic acids is 5. The minimum atomic E-state index is -1.24. The van der Waals surface area contributed by atoms with Gasteiger partial charge in [0.05, 0.1) is 30.5 Å². The van der Waals surface area contributed by atoms with Crippen LogP contribution in [0, 0.1) is 31.1 Å². The van der Waals surface area contributed by atoms with Gasteiger partial charge in [-0.15, -0.1) is 11.8 Å². The highest BCUT2D eigenvalue weighted by molar-refractivity contribution is 7.99. The van der Waals surface area contributed by atoms with Gasteiger partial charge in [0.15, 0.2) is 23.0 Å². The molecule has 4 bridgehead atoms. The van der Waals surface area contributed by atoms with Gasteiger partial charge in [0.25, 0.3) is 0 Å². The molecule has 4 unspecified atom stereocenters. The highest BCUT2D eigenvalue weighted by atomic mass is 32.2. The predicted molar refractivity (Wildman–Crippen MR) is 242 cm³/mol. The van der Waals surface area contributed by atoms with Crippen molar-refractivity contribution in [2.75, 3.05) is 33.3 Å². The second-order valence-corrected chi connectivity index (χ2v) is 18.8. The van der Waals surface area contributed by atoms with Crippen molar-refractivity contribution in [3.05, 3.63) is 81.4 Å². The van der Waals surface area contributed by atoms with E-state index in [9.17, 15) is 34.3 Å². The number of benzene rings is 3. The summed E-state index contributed by atoms with van der Waals surface area (Å²) in [5.74, 6) is -2.27. The van der Waals surface area contributed by atoms with Crippen LogP contribution in [-0.4, -0.2) is 114 Å². The molecule has 3 amide bonds. The minimum absolute atomic E-state index is 0.0192. The maximum absolute atomic E-state index is 14.3. The first-order chi connectivity index (χ1) is 31.6. The van der Waals surface area contributed by atoms with Crippen LogP contribution in [-0.2, 0) is 35.1 Å². The number of thioether (sulfide) groups is 1. The van der Waals surface area contributed by atoms with E-state index in [1.807, 2.05) is 50.4 Å². The van der Waals surface area contributed by atoms with Crippen LogP contribution in [0.3, 0.4) is 0 Å². The van der Waals surface area contributed by atoms with Gasteiger partial charge in [0.1, 0.15) is 36.5 Å². The molecule has 9 atom stereocenters. The number of methoxy groups -OCH3 is 1. The number of fused-ring (bicyclic) bond motifs is 10. The summed E-state index contributed by atoms with van der Waals surface area (Å²) < 4.78 is 30.1. The fourth-order valence-corrected chi connectivity index (χ4v) is 11.7. The van der Waals surface area contributed by atoms with Crippen LogP contribution < -0.4 is 34.9 Å². The summed E-state index contributed by atoms with van der Waals surface area (Å²) in [5.41, 5.74) is 4.71. The molecule has 0 radical (unpaired) electrons. The van der Waals surface area contributed by atoms with E-state index in [0.717, 1.165) is 16.7 Å². The molecule has 6 aliphatic rings. The Balaban J connectivity index is 1.16. The third-order valence-corrected chi connectivity index (χ3v) is 14.6. The van der Waals surface area contributed by atoms with Crippen molar-refractivity contribution in [3.63, 3.8) is 0 Å². The van der Waals surface area contributed by atoms with Crippen LogP contribution in [0.15, 0.2) is 42.5 Å². The number of nitrogens with one attached hydrogen (secondary N) is 3. The Bertz CT molecular complexity index is 2550. The van der Waals surface area contributed by atoms with Gasteiger partial charge >= 0.3 is 11.9 Å². The first kappa shape index (κ1) is 46.2. The second kappa shape index (κ2) is 18.5. The van der Waals surface area contributed by atoms with Gasteiger partial charge < -0.3 is 44.7 Å². The highest BCUT2D eigenvalue weighted by Crippen LogP contribution is 2.64. The van der Waals surface area contributed by atoms with E-state index in [2.05, 4.69) is 31.8 Å². The Morgan fingerprint density at radius 1 is 1.00 bits per heavy atom. The number of rotatable bonds is 10. The van der Waals surface area contributed by atoms with Gasteiger partial charge in [0.2, 0.25) is 24.5 Å². The van der Waals surface area contributed by atoms with Crippen LogP contribution in [0.4, 0.5) is 0 Å². The average Bonchev–Trinajstić information content (AvgIpc) is 3.77. The number of aromatic hydroxyl groups is 1. The normalized spacial score (nSPS) is 25.0. The lowest BCUT2D eigenvalue weighted by Crippen LogP contribution is -2.69. The quantitative estimate of drug-likeness (QED) is 0.128. The monoisotopic (exact) mass is 922 g/mol. The van der Waals surface area contributed by atoms with E-state index in [1.54, 1.807) is 26.8 Å². The molecule has 348 valence electrons. The molecular formula is C48H54N6O11S. The number of nitriles is 1. The Morgan fingerprint density at radius 3 is 2.41 bits per heavy atom. The fourth-order valence-electron chi connectivity index (χ4n) is 10.2. The number of piperazine rings is 1. The summed E-state index contributed by atoms with van der Waals surface area (Å²) in [6, 6.07) is 7.24. The molecule has 6 heterocycles. The topological polar surface area (TPSA) is 218 Å². The molecule has 0 aromatic heterocycles. The average molecular weight is 923 g/mol. The van der Waals surface area contributed by atoms with Crippen LogP contribution in [0.25, 0.3) is 6.08 Å². The first-order valence-electron chi connectivity index (χ1n) is 21.9. The van der Waals surface area contributed by atoms with Crippen LogP contribution in [0.2, 0.25) is 0 Å². The van der Waals surface area contributed by atoms with E-state index in [-0.39, 0.29) is 36.7 Å². The number of amides is 3.